The molecule has 1 aromatic rings. The quantitative estimate of drug-likeness (QED) is 0.686. The van der Waals surface area contributed by atoms with Crippen LogP contribution in [0.2, 0.25) is 0 Å². The van der Waals surface area contributed by atoms with Crippen LogP contribution in [0.25, 0.3) is 0 Å². The molecule has 17 heavy (non-hydrogen) atoms. The normalized spacial score (nSPS) is 10.7. The first kappa shape index (κ1) is 13.7. The maximum atomic E-state index is 11.4. The maximum Gasteiger partial charge on any atom is 0.328 e. The van der Waals surface area contributed by atoms with Crippen molar-refractivity contribution < 1.29 is 0 Å². The number of aryl methyl sites for hydroxylation is 1. The molecule has 0 saturated heterocycles. The van der Waals surface area contributed by atoms with Crippen LogP contribution < -0.4 is 16.6 Å². The van der Waals surface area contributed by atoms with E-state index in [1.54, 1.807) is 13.1 Å². The van der Waals surface area contributed by atoms with Gasteiger partial charge in [-0.2, -0.15) is 0 Å². The number of H-pyrrole nitrogens is 1. The molecule has 0 aliphatic heterocycles. The molecular weight excluding hydrogens is 218 g/mol. The molecule has 5 heteroatoms. The number of aromatic amines is 1. The Balaban J connectivity index is 2.39. The van der Waals surface area contributed by atoms with Crippen molar-refractivity contribution in [3.05, 3.63) is 32.6 Å². The fourth-order valence-electron chi connectivity index (χ4n) is 1.61. The van der Waals surface area contributed by atoms with E-state index in [0.29, 0.717) is 12.1 Å². The Bertz CT molecular complexity index is 448. The molecule has 0 spiro atoms. The monoisotopic (exact) mass is 239 g/mol. The number of rotatable bonds is 7. The summed E-state index contributed by atoms with van der Waals surface area (Å²) in [7, 11) is 0. The molecule has 0 atom stereocenters. The Labute approximate surface area is 101 Å². The second kappa shape index (κ2) is 7.06. The van der Waals surface area contributed by atoms with Gasteiger partial charge in [0.25, 0.3) is 5.56 Å². The van der Waals surface area contributed by atoms with Gasteiger partial charge in [-0.25, -0.2) is 4.79 Å². The zero-order valence-electron chi connectivity index (χ0n) is 10.6. The number of aromatic nitrogens is 2. The predicted molar refractivity (Wildman–Crippen MR) is 68.5 cm³/mol. The Morgan fingerprint density at radius 3 is 2.76 bits per heavy atom. The fraction of sp³-hybridized carbons (Fsp3) is 0.667. The van der Waals surface area contributed by atoms with Crippen LogP contribution in [0.1, 0.15) is 31.7 Å². The number of unbranched alkanes of at least 4 members (excludes halogenated alkanes) is 2. The molecule has 0 saturated carbocycles. The summed E-state index contributed by atoms with van der Waals surface area (Å²) in [5, 5.41) is 3.28. The van der Waals surface area contributed by atoms with E-state index in [1.807, 2.05) is 0 Å². The summed E-state index contributed by atoms with van der Waals surface area (Å²) in [6.07, 6.45) is 5.20. The van der Waals surface area contributed by atoms with E-state index < -0.39 is 0 Å². The van der Waals surface area contributed by atoms with Gasteiger partial charge in [0.1, 0.15) is 0 Å². The minimum atomic E-state index is -0.337. The zero-order valence-corrected chi connectivity index (χ0v) is 10.6. The third-order valence-corrected chi connectivity index (χ3v) is 2.68. The van der Waals surface area contributed by atoms with Gasteiger partial charge >= 0.3 is 5.69 Å². The lowest BCUT2D eigenvalue weighted by atomic mass is 10.2. The first-order chi connectivity index (χ1) is 8.15. The van der Waals surface area contributed by atoms with Gasteiger partial charge in [-0.1, -0.05) is 19.8 Å². The minimum Gasteiger partial charge on any atom is -0.315 e. The van der Waals surface area contributed by atoms with Crippen molar-refractivity contribution in [1.82, 2.24) is 14.9 Å². The topological polar surface area (TPSA) is 66.9 Å². The highest BCUT2D eigenvalue weighted by Crippen LogP contribution is 1.90. The Hall–Kier alpha value is -1.36. The van der Waals surface area contributed by atoms with Crippen molar-refractivity contribution >= 4 is 0 Å². The largest absolute Gasteiger partial charge is 0.328 e. The SMILES string of the molecule is CCCCCNCCn1cc(C)c(=O)[nH]c1=O. The molecule has 0 radical (unpaired) electrons. The molecule has 0 aromatic carbocycles. The van der Waals surface area contributed by atoms with Crippen LogP contribution in [-0.4, -0.2) is 22.6 Å². The average molecular weight is 239 g/mol. The first-order valence-electron chi connectivity index (χ1n) is 6.16. The Kier molecular flexibility index (Phi) is 5.69. The highest BCUT2D eigenvalue weighted by molar-refractivity contribution is 5.00. The number of hydrogen-bond acceptors (Lipinski definition) is 3. The molecule has 0 aliphatic rings. The van der Waals surface area contributed by atoms with Crippen molar-refractivity contribution in [2.24, 2.45) is 0 Å². The van der Waals surface area contributed by atoms with Crippen LogP contribution in [0.5, 0.6) is 0 Å². The van der Waals surface area contributed by atoms with Gasteiger partial charge in [-0.05, 0) is 19.9 Å². The lowest BCUT2D eigenvalue weighted by Gasteiger charge is -2.07. The molecule has 5 nitrogen and oxygen atoms in total. The third-order valence-electron chi connectivity index (χ3n) is 2.68. The fourth-order valence-corrected chi connectivity index (χ4v) is 1.61. The molecule has 0 fully saturated rings. The van der Waals surface area contributed by atoms with Crippen molar-refractivity contribution in [3.8, 4) is 0 Å². The number of nitrogens with zero attached hydrogens (tertiary/aromatic N) is 1. The van der Waals surface area contributed by atoms with Gasteiger partial charge in [0, 0.05) is 24.8 Å². The molecule has 0 amide bonds. The summed E-state index contributed by atoms with van der Waals surface area (Å²) < 4.78 is 1.53. The first-order valence-corrected chi connectivity index (χ1v) is 6.16. The van der Waals surface area contributed by atoms with E-state index in [1.165, 1.54) is 17.4 Å². The molecule has 1 aromatic heterocycles. The molecule has 0 unspecified atom stereocenters. The lowest BCUT2D eigenvalue weighted by Crippen LogP contribution is -2.33. The summed E-state index contributed by atoms with van der Waals surface area (Å²) >= 11 is 0. The van der Waals surface area contributed by atoms with Crippen LogP contribution in [0.3, 0.4) is 0 Å². The van der Waals surface area contributed by atoms with Crippen molar-refractivity contribution in [3.63, 3.8) is 0 Å². The van der Waals surface area contributed by atoms with Crippen molar-refractivity contribution in [2.45, 2.75) is 39.7 Å². The third kappa shape index (κ3) is 4.56. The summed E-state index contributed by atoms with van der Waals surface area (Å²) in [6, 6.07) is 0. The zero-order chi connectivity index (χ0) is 12.7. The highest BCUT2D eigenvalue weighted by atomic mass is 16.2. The summed E-state index contributed by atoms with van der Waals surface area (Å²) in [4.78, 5) is 24.9. The van der Waals surface area contributed by atoms with Crippen LogP contribution >= 0.6 is 0 Å². The van der Waals surface area contributed by atoms with Gasteiger partial charge in [0.15, 0.2) is 0 Å². The van der Waals surface area contributed by atoms with Crippen molar-refractivity contribution in [2.75, 3.05) is 13.1 Å². The van der Waals surface area contributed by atoms with Gasteiger partial charge in [0.2, 0.25) is 0 Å². The standard InChI is InChI=1S/C12H21N3O2/c1-3-4-5-6-13-7-8-15-9-10(2)11(16)14-12(15)17/h9,13H,3-8H2,1-2H3,(H,14,16,17). The van der Waals surface area contributed by atoms with E-state index in [-0.39, 0.29) is 11.2 Å². The molecule has 2 N–H and O–H groups in total. The predicted octanol–water partition coefficient (Wildman–Crippen LogP) is 0.625. The van der Waals surface area contributed by atoms with Gasteiger partial charge in [-0.15, -0.1) is 0 Å². The molecule has 0 aliphatic carbocycles. The van der Waals surface area contributed by atoms with E-state index in [2.05, 4.69) is 17.2 Å². The summed E-state index contributed by atoms with van der Waals surface area (Å²) in [5.41, 5.74) is -0.0753. The molecule has 1 rings (SSSR count). The molecule has 0 bridgehead atoms. The van der Waals surface area contributed by atoms with E-state index in [4.69, 9.17) is 0 Å². The van der Waals surface area contributed by atoms with Crippen LogP contribution in [0.15, 0.2) is 15.8 Å². The smallest absolute Gasteiger partial charge is 0.315 e. The molecular formula is C12H21N3O2. The van der Waals surface area contributed by atoms with Crippen LogP contribution in [0, 0.1) is 6.92 Å². The van der Waals surface area contributed by atoms with Gasteiger partial charge in [-0.3, -0.25) is 14.3 Å². The molecule has 1 heterocycles. The Morgan fingerprint density at radius 1 is 1.29 bits per heavy atom. The van der Waals surface area contributed by atoms with Crippen molar-refractivity contribution in [1.29, 1.82) is 0 Å². The summed E-state index contributed by atoms with van der Waals surface area (Å²) in [6.45, 7) is 6.18. The van der Waals surface area contributed by atoms with Crippen LogP contribution in [-0.2, 0) is 6.54 Å². The second-order valence-electron chi connectivity index (χ2n) is 4.22. The van der Waals surface area contributed by atoms with Gasteiger partial charge in [0.05, 0.1) is 0 Å². The Morgan fingerprint density at radius 2 is 2.06 bits per heavy atom. The maximum absolute atomic E-state index is 11.4. The van der Waals surface area contributed by atoms with Gasteiger partial charge < -0.3 is 5.32 Å². The lowest BCUT2D eigenvalue weighted by molar-refractivity contribution is 0.552. The number of hydrogen-bond donors (Lipinski definition) is 2. The van der Waals surface area contributed by atoms with Crippen LogP contribution in [0.4, 0.5) is 0 Å². The number of nitrogens with one attached hydrogen (secondary N) is 2. The minimum absolute atomic E-state index is 0.304. The summed E-state index contributed by atoms with van der Waals surface area (Å²) in [5.74, 6) is 0. The van der Waals surface area contributed by atoms with E-state index in [0.717, 1.165) is 19.5 Å². The average Bonchev–Trinajstić information content (AvgIpc) is 2.30. The highest BCUT2D eigenvalue weighted by Gasteiger charge is 1.99. The molecule has 96 valence electrons. The second-order valence-corrected chi connectivity index (χ2v) is 4.22. The van der Waals surface area contributed by atoms with E-state index in [9.17, 15) is 9.59 Å². The van der Waals surface area contributed by atoms with E-state index >= 15 is 0 Å².